The number of fused-ring (bicyclic) bond motifs is 1. The summed E-state index contributed by atoms with van der Waals surface area (Å²) in [6, 6.07) is 9.71. The van der Waals surface area contributed by atoms with Crippen molar-refractivity contribution in [2.75, 3.05) is 0 Å². The molecule has 0 aromatic heterocycles. The number of rotatable bonds is 1. The number of nitrogens with zero attached hydrogens (tertiary/aromatic N) is 2. The minimum absolute atomic E-state index is 0.0792. The van der Waals surface area contributed by atoms with Crippen LogP contribution in [0.3, 0.4) is 0 Å². The fourth-order valence-corrected chi connectivity index (χ4v) is 1.79. The Morgan fingerprint density at radius 1 is 1.12 bits per heavy atom. The molecule has 3 nitrogen and oxygen atoms in total. The third-order valence-corrected chi connectivity index (χ3v) is 2.61. The van der Waals surface area contributed by atoms with Gasteiger partial charge in [-0.1, -0.05) is 36.4 Å². The number of amides is 1. The Bertz CT molecular complexity index is 579. The second kappa shape index (κ2) is 3.87. The van der Waals surface area contributed by atoms with Gasteiger partial charge in [0.25, 0.3) is 5.91 Å². The molecule has 0 unspecified atom stereocenters. The van der Waals surface area contributed by atoms with Crippen LogP contribution in [0.25, 0.3) is 6.08 Å². The molecule has 0 saturated carbocycles. The van der Waals surface area contributed by atoms with Crippen LogP contribution in [-0.2, 0) is 4.79 Å². The van der Waals surface area contributed by atoms with E-state index in [1.165, 1.54) is 0 Å². The van der Waals surface area contributed by atoms with Gasteiger partial charge in [-0.25, -0.2) is 4.99 Å². The average Bonchev–Trinajstić information content (AvgIpc) is 2.68. The van der Waals surface area contributed by atoms with Crippen LogP contribution >= 0.6 is 0 Å². The first-order chi connectivity index (χ1) is 8.34. The summed E-state index contributed by atoms with van der Waals surface area (Å²) in [5.74, 6) is 0.601. The highest BCUT2D eigenvalue weighted by Crippen LogP contribution is 2.20. The molecule has 3 heteroatoms. The quantitative estimate of drug-likeness (QED) is 0.671. The molecular formula is C14H10N2O. The summed E-state index contributed by atoms with van der Waals surface area (Å²) in [6.07, 6.45) is 9.04. The highest BCUT2D eigenvalue weighted by atomic mass is 16.2. The molecular weight excluding hydrogens is 212 g/mol. The van der Waals surface area contributed by atoms with E-state index < -0.39 is 0 Å². The Hall–Kier alpha value is -2.42. The SMILES string of the molecule is O=C1/C(=C/c2ccccc2)N=C2C=CC=CN12. The summed E-state index contributed by atoms with van der Waals surface area (Å²) in [5, 5.41) is 0. The van der Waals surface area contributed by atoms with Crippen molar-refractivity contribution in [1.82, 2.24) is 4.90 Å². The highest BCUT2D eigenvalue weighted by molar-refractivity contribution is 6.18. The smallest absolute Gasteiger partial charge is 0.266 e. The lowest BCUT2D eigenvalue weighted by molar-refractivity contribution is -0.120. The van der Waals surface area contributed by atoms with Gasteiger partial charge in [0.15, 0.2) is 0 Å². The molecule has 1 aromatic carbocycles. The third-order valence-electron chi connectivity index (χ3n) is 2.61. The Morgan fingerprint density at radius 2 is 1.94 bits per heavy atom. The first-order valence-corrected chi connectivity index (χ1v) is 5.38. The third kappa shape index (κ3) is 1.72. The van der Waals surface area contributed by atoms with Gasteiger partial charge in [0, 0.05) is 6.20 Å². The van der Waals surface area contributed by atoms with E-state index in [2.05, 4.69) is 4.99 Å². The maximum absolute atomic E-state index is 12.0. The van der Waals surface area contributed by atoms with Gasteiger partial charge in [0.05, 0.1) is 0 Å². The lowest BCUT2D eigenvalue weighted by Gasteiger charge is -2.11. The predicted octanol–water partition coefficient (Wildman–Crippen LogP) is 2.35. The van der Waals surface area contributed by atoms with Crippen LogP contribution in [0.1, 0.15) is 5.56 Å². The number of amidine groups is 1. The monoisotopic (exact) mass is 222 g/mol. The first-order valence-electron chi connectivity index (χ1n) is 5.38. The number of carbonyl (C=O) groups is 1. The fraction of sp³-hybridized carbons (Fsp3) is 0. The van der Waals surface area contributed by atoms with Gasteiger partial charge < -0.3 is 0 Å². The first kappa shape index (κ1) is 9.78. The number of hydrogen-bond donors (Lipinski definition) is 0. The van der Waals surface area contributed by atoms with Gasteiger partial charge in [-0.15, -0.1) is 0 Å². The lowest BCUT2D eigenvalue weighted by Crippen LogP contribution is -2.26. The molecule has 0 radical (unpaired) electrons. The van der Waals surface area contributed by atoms with E-state index in [9.17, 15) is 4.79 Å². The number of allylic oxidation sites excluding steroid dienone is 2. The summed E-state index contributed by atoms with van der Waals surface area (Å²) >= 11 is 0. The maximum atomic E-state index is 12.0. The molecule has 3 rings (SSSR count). The summed E-state index contributed by atoms with van der Waals surface area (Å²) in [5.41, 5.74) is 1.45. The van der Waals surface area contributed by atoms with Gasteiger partial charge >= 0.3 is 0 Å². The van der Waals surface area contributed by atoms with Gasteiger partial charge in [-0.05, 0) is 23.8 Å². The van der Waals surface area contributed by atoms with Crippen LogP contribution in [0.2, 0.25) is 0 Å². The summed E-state index contributed by atoms with van der Waals surface area (Å²) in [7, 11) is 0. The van der Waals surface area contributed by atoms with Crippen LogP contribution in [0, 0.1) is 0 Å². The standard InChI is InChI=1S/C14H10N2O/c17-14-12(10-11-6-2-1-3-7-11)15-13-8-4-5-9-16(13)14/h1-10H/b12-10-. The molecule has 82 valence electrons. The van der Waals surface area contributed by atoms with Gasteiger partial charge in [0.2, 0.25) is 0 Å². The Labute approximate surface area is 99.1 Å². The molecule has 17 heavy (non-hydrogen) atoms. The summed E-state index contributed by atoms with van der Waals surface area (Å²) < 4.78 is 0. The van der Waals surface area contributed by atoms with E-state index in [4.69, 9.17) is 0 Å². The zero-order valence-corrected chi connectivity index (χ0v) is 9.08. The summed E-state index contributed by atoms with van der Waals surface area (Å²) in [6.45, 7) is 0. The molecule has 0 aliphatic carbocycles. The van der Waals surface area contributed by atoms with Crippen LogP contribution in [-0.4, -0.2) is 16.6 Å². The minimum Gasteiger partial charge on any atom is -0.266 e. The lowest BCUT2D eigenvalue weighted by atomic mass is 10.2. The number of carbonyl (C=O) groups excluding carboxylic acids is 1. The number of hydrogen-bond acceptors (Lipinski definition) is 2. The van der Waals surface area contributed by atoms with E-state index in [1.807, 2.05) is 48.6 Å². The van der Waals surface area contributed by atoms with Crippen LogP contribution in [0.4, 0.5) is 0 Å². The summed E-state index contributed by atoms with van der Waals surface area (Å²) in [4.78, 5) is 17.9. The highest BCUT2D eigenvalue weighted by Gasteiger charge is 2.27. The van der Waals surface area contributed by atoms with E-state index in [0.29, 0.717) is 11.5 Å². The molecule has 2 aliphatic rings. The van der Waals surface area contributed by atoms with Crippen molar-refractivity contribution in [3.8, 4) is 0 Å². The van der Waals surface area contributed by atoms with Gasteiger partial charge in [-0.3, -0.25) is 9.69 Å². The Morgan fingerprint density at radius 3 is 2.71 bits per heavy atom. The van der Waals surface area contributed by atoms with Crippen molar-refractivity contribution >= 4 is 17.8 Å². The molecule has 0 atom stereocenters. The predicted molar refractivity (Wildman–Crippen MR) is 67.0 cm³/mol. The van der Waals surface area contributed by atoms with Crippen molar-refractivity contribution in [2.24, 2.45) is 4.99 Å². The van der Waals surface area contributed by atoms with E-state index >= 15 is 0 Å². The van der Waals surface area contributed by atoms with E-state index in [0.717, 1.165) is 5.56 Å². The molecule has 1 amide bonds. The van der Waals surface area contributed by atoms with Crippen LogP contribution in [0.5, 0.6) is 0 Å². The molecule has 0 bridgehead atoms. The van der Waals surface area contributed by atoms with Crippen molar-refractivity contribution in [2.45, 2.75) is 0 Å². The molecule has 2 heterocycles. The van der Waals surface area contributed by atoms with Crippen molar-refractivity contribution in [1.29, 1.82) is 0 Å². The van der Waals surface area contributed by atoms with Gasteiger partial charge in [-0.2, -0.15) is 0 Å². The maximum Gasteiger partial charge on any atom is 0.282 e. The second-order valence-corrected chi connectivity index (χ2v) is 3.79. The van der Waals surface area contributed by atoms with Crippen molar-refractivity contribution in [3.05, 3.63) is 66.0 Å². The molecule has 0 N–H and O–H groups in total. The zero-order chi connectivity index (χ0) is 11.7. The van der Waals surface area contributed by atoms with Crippen molar-refractivity contribution < 1.29 is 4.79 Å². The minimum atomic E-state index is -0.0792. The zero-order valence-electron chi connectivity index (χ0n) is 9.08. The molecule has 0 spiro atoms. The fourth-order valence-electron chi connectivity index (χ4n) is 1.79. The molecule has 1 aromatic rings. The molecule has 0 saturated heterocycles. The normalized spacial score (nSPS) is 19.8. The topological polar surface area (TPSA) is 32.7 Å². The van der Waals surface area contributed by atoms with Crippen LogP contribution in [0.15, 0.2) is 65.4 Å². The number of aliphatic imine (C=N–C) groups is 1. The van der Waals surface area contributed by atoms with Crippen molar-refractivity contribution in [3.63, 3.8) is 0 Å². The average molecular weight is 222 g/mol. The molecule has 0 fully saturated rings. The molecule has 2 aliphatic heterocycles. The Kier molecular flexibility index (Phi) is 2.22. The second-order valence-electron chi connectivity index (χ2n) is 3.79. The number of benzene rings is 1. The Balaban J connectivity index is 1.99. The largest absolute Gasteiger partial charge is 0.282 e. The van der Waals surface area contributed by atoms with Crippen LogP contribution < -0.4 is 0 Å². The van der Waals surface area contributed by atoms with E-state index in [1.54, 1.807) is 17.2 Å². The van der Waals surface area contributed by atoms with E-state index in [-0.39, 0.29) is 5.91 Å². The van der Waals surface area contributed by atoms with Gasteiger partial charge in [0.1, 0.15) is 11.5 Å².